The fraction of sp³-hybridized carbons (Fsp3) is 0.522. The van der Waals surface area contributed by atoms with Gasteiger partial charge in [0.05, 0.1) is 11.6 Å². The van der Waals surface area contributed by atoms with Crippen LogP contribution in [0, 0.1) is 5.92 Å². The van der Waals surface area contributed by atoms with Crippen LogP contribution in [0.4, 0.5) is 10.6 Å². The van der Waals surface area contributed by atoms with E-state index in [0.717, 1.165) is 43.4 Å². The molecule has 4 N–H and O–H groups in total. The monoisotopic (exact) mass is 424 g/mol. The molecule has 2 aliphatic rings. The topological polar surface area (TPSA) is 100 Å². The number of nitrogens with zero attached hydrogens (tertiary/aromatic N) is 2. The highest BCUT2D eigenvalue weighted by Crippen LogP contribution is 2.26. The zero-order valence-corrected chi connectivity index (χ0v) is 18.2. The van der Waals surface area contributed by atoms with Crippen LogP contribution in [0.5, 0.6) is 0 Å². The van der Waals surface area contributed by atoms with Gasteiger partial charge in [-0.1, -0.05) is 56.5 Å². The molecule has 4 rings (SSSR count). The van der Waals surface area contributed by atoms with E-state index in [9.17, 15) is 9.59 Å². The van der Waals surface area contributed by atoms with E-state index in [2.05, 4.69) is 21.3 Å². The molecule has 0 spiro atoms. The average Bonchev–Trinajstić information content (AvgIpc) is 3.18. The maximum atomic E-state index is 12.7. The highest BCUT2D eigenvalue weighted by molar-refractivity contribution is 5.89. The third-order valence-corrected chi connectivity index (χ3v) is 6.31. The lowest BCUT2D eigenvalue weighted by Crippen LogP contribution is -2.57. The predicted molar refractivity (Wildman–Crippen MR) is 120 cm³/mol. The summed E-state index contributed by atoms with van der Waals surface area (Å²) in [5, 5.41) is 17.2. The minimum Gasteiger partial charge on any atom is -0.335 e. The van der Waals surface area contributed by atoms with Crippen LogP contribution in [0.3, 0.4) is 0 Å². The Bertz CT molecular complexity index is 906. The summed E-state index contributed by atoms with van der Waals surface area (Å²) in [6.07, 6.45) is 5.78. The SMILES string of the molecule is CCC1C(=O)NC(n2nc(-c3ccccc3)cc2NC(=O)NC2CCCCC2)NC1C. The van der Waals surface area contributed by atoms with E-state index in [-0.39, 0.29) is 29.9 Å². The quantitative estimate of drug-likeness (QED) is 0.589. The second-order valence-corrected chi connectivity index (χ2v) is 8.54. The summed E-state index contributed by atoms with van der Waals surface area (Å²) in [5.41, 5.74) is 1.67. The van der Waals surface area contributed by atoms with Gasteiger partial charge in [0.15, 0.2) is 6.29 Å². The number of amides is 3. The van der Waals surface area contributed by atoms with Crippen molar-refractivity contribution in [2.45, 2.75) is 70.7 Å². The first-order valence-electron chi connectivity index (χ1n) is 11.3. The van der Waals surface area contributed by atoms with Gasteiger partial charge in [-0.25, -0.2) is 9.48 Å². The van der Waals surface area contributed by atoms with Crippen molar-refractivity contribution >= 4 is 17.8 Å². The molecule has 3 atom stereocenters. The molecule has 2 fully saturated rings. The van der Waals surface area contributed by atoms with Crippen molar-refractivity contribution < 1.29 is 9.59 Å². The second-order valence-electron chi connectivity index (χ2n) is 8.54. The first kappa shape index (κ1) is 21.4. The molecule has 166 valence electrons. The van der Waals surface area contributed by atoms with Crippen LogP contribution in [-0.2, 0) is 4.79 Å². The minimum absolute atomic E-state index is 0.00274. The van der Waals surface area contributed by atoms with Gasteiger partial charge >= 0.3 is 6.03 Å². The Morgan fingerprint density at radius 2 is 1.94 bits per heavy atom. The Morgan fingerprint density at radius 1 is 1.19 bits per heavy atom. The molecule has 1 aromatic carbocycles. The van der Waals surface area contributed by atoms with Crippen molar-refractivity contribution in [2.24, 2.45) is 5.92 Å². The number of carbonyl (C=O) groups is 2. The van der Waals surface area contributed by atoms with Gasteiger partial charge in [-0.15, -0.1) is 0 Å². The predicted octanol–water partition coefficient (Wildman–Crippen LogP) is 3.59. The number of carbonyl (C=O) groups excluding carboxylic acids is 2. The van der Waals surface area contributed by atoms with Gasteiger partial charge in [-0.3, -0.25) is 15.4 Å². The van der Waals surface area contributed by atoms with Crippen LogP contribution in [-0.4, -0.2) is 33.8 Å². The molecule has 0 bridgehead atoms. The minimum atomic E-state index is -0.534. The molecular weight excluding hydrogens is 392 g/mol. The molecule has 1 saturated heterocycles. The van der Waals surface area contributed by atoms with Gasteiger partial charge in [-0.05, 0) is 26.2 Å². The van der Waals surface area contributed by atoms with E-state index in [1.807, 2.05) is 50.2 Å². The van der Waals surface area contributed by atoms with Gasteiger partial charge in [0.2, 0.25) is 5.91 Å². The van der Waals surface area contributed by atoms with Crippen molar-refractivity contribution in [1.29, 1.82) is 0 Å². The van der Waals surface area contributed by atoms with Gasteiger partial charge in [0.25, 0.3) is 0 Å². The lowest BCUT2D eigenvalue weighted by Gasteiger charge is -2.35. The van der Waals surface area contributed by atoms with Crippen LogP contribution in [0.1, 0.15) is 58.7 Å². The smallest absolute Gasteiger partial charge is 0.320 e. The second kappa shape index (κ2) is 9.51. The van der Waals surface area contributed by atoms with Crippen LogP contribution >= 0.6 is 0 Å². The van der Waals surface area contributed by atoms with Crippen LogP contribution in [0.25, 0.3) is 11.3 Å². The number of hydrogen-bond acceptors (Lipinski definition) is 4. The van der Waals surface area contributed by atoms with Gasteiger partial charge in [-0.2, -0.15) is 5.10 Å². The summed E-state index contributed by atoms with van der Waals surface area (Å²) in [6, 6.07) is 11.6. The first-order chi connectivity index (χ1) is 15.0. The third kappa shape index (κ3) is 4.90. The number of aromatic nitrogens is 2. The number of rotatable bonds is 5. The van der Waals surface area contributed by atoms with E-state index >= 15 is 0 Å². The van der Waals surface area contributed by atoms with Crippen LogP contribution in [0.15, 0.2) is 36.4 Å². The summed E-state index contributed by atoms with van der Waals surface area (Å²) in [6.45, 7) is 4.01. The van der Waals surface area contributed by atoms with Gasteiger partial charge in [0, 0.05) is 23.7 Å². The summed E-state index contributed by atoms with van der Waals surface area (Å²) in [4.78, 5) is 25.3. The lowest BCUT2D eigenvalue weighted by atomic mass is 9.95. The summed E-state index contributed by atoms with van der Waals surface area (Å²) in [5.74, 6) is 0.437. The van der Waals surface area contributed by atoms with E-state index in [1.54, 1.807) is 4.68 Å². The Hall–Kier alpha value is -2.87. The number of anilines is 1. The maximum absolute atomic E-state index is 12.7. The number of benzene rings is 1. The molecule has 3 amide bonds. The molecule has 8 nitrogen and oxygen atoms in total. The van der Waals surface area contributed by atoms with E-state index in [4.69, 9.17) is 5.10 Å². The highest BCUT2D eigenvalue weighted by atomic mass is 16.2. The molecule has 1 aliphatic carbocycles. The van der Waals surface area contributed by atoms with Crippen molar-refractivity contribution in [2.75, 3.05) is 5.32 Å². The van der Waals surface area contributed by atoms with E-state index < -0.39 is 6.29 Å². The normalized spacial score (nSPS) is 24.5. The lowest BCUT2D eigenvalue weighted by molar-refractivity contribution is -0.130. The van der Waals surface area contributed by atoms with Gasteiger partial charge < -0.3 is 10.6 Å². The Balaban J connectivity index is 1.58. The molecule has 1 saturated carbocycles. The molecule has 8 heteroatoms. The highest BCUT2D eigenvalue weighted by Gasteiger charge is 2.34. The molecule has 3 unspecified atom stereocenters. The molecule has 31 heavy (non-hydrogen) atoms. The number of nitrogens with one attached hydrogen (secondary N) is 4. The summed E-state index contributed by atoms with van der Waals surface area (Å²) < 4.78 is 1.66. The Kier molecular flexibility index (Phi) is 6.56. The molecule has 0 radical (unpaired) electrons. The standard InChI is InChI=1S/C23H32N6O2/c1-3-18-15(2)24-22(27-21(18)30)29-20(14-19(28-29)16-10-6-4-7-11-16)26-23(31)25-17-12-8-5-9-13-17/h4,6-7,10-11,14-15,17-18,22,24H,3,5,8-9,12-13H2,1-2H3,(H,27,30)(H2,25,26,31). The summed E-state index contributed by atoms with van der Waals surface area (Å²) >= 11 is 0. The van der Waals surface area contributed by atoms with E-state index in [0.29, 0.717) is 5.82 Å². The molecule has 1 aliphatic heterocycles. The average molecular weight is 425 g/mol. The molecule has 2 aromatic rings. The largest absolute Gasteiger partial charge is 0.335 e. The first-order valence-corrected chi connectivity index (χ1v) is 11.3. The number of hydrogen-bond donors (Lipinski definition) is 4. The Labute approximate surface area is 183 Å². The fourth-order valence-corrected chi connectivity index (χ4v) is 4.57. The summed E-state index contributed by atoms with van der Waals surface area (Å²) in [7, 11) is 0. The van der Waals surface area contributed by atoms with Crippen molar-refractivity contribution in [1.82, 2.24) is 25.7 Å². The van der Waals surface area contributed by atoms with Crippen molar-refractivity contribution in [3.63, 3.8) is 0 Å². The van der Waals surface area contributed by atoms with Crippen LogP contribution < -0.4 is 21.3 Å². The van der Waals surface area contributed by atoms with Crippen molar-refractivity contribution in [3.8, 4) is 11.3 Å². The van der Waals surface area contributed by atoms with Crippen LogP contribution in [0.2, 0.25) is 0 Å². The number of urea groups is 1. The molecule has 1 aromatic heterocycles. The van der Waals surface area contributed by atoms with E-state index in [1.165, 1.54) is 6.42 Å². The zero-order valence-electron chi connectivity index (χ0n) is 18.2. The Morgan fingerprint density at radius 3 is 2.61 bits per heavy atom. The van der Waals surface area contributed by atoms with Crippen molar-refractivity contribution in [3.05, 3.63) is 36.4 Å². The maximum Gasteiger partial charge on any atom is 0.320 e. The molecular formula is C23H32N6O2. The molecule has 2 heterocycles. The zero-order chi connectivity index (χ0) is 21.8. The third-order valence-electron chi connectivity index (χ3n) is 6.31. The van der Waals surface area contributed by atoms with Gasteiger partial charge in [0.1, 0.15) is 5.82 Å². The fourth-order valence-electron chi connectivity index (χ4n) is 4.57.